The summed E-state index contributed by atoms with van der Waals surface area (Å²) in [4.78, 5) is 17.3. The number of likely N-dealkylation sites (tertiary alicyclic amines) is 1. The third-order valence-electron chi connectivity index (χ3n) is 2.60. The van der Waals surface area contributed by atoms with Gasteiger partial charge in [0, 0.05) is 26.1 Å². The van der Waals surface area contributed by atoms with Crippen LogP contribution >= 0.6 is 0 Å². The molecule has 0 aromatic heterocycles. The van der Waals surface area contributed by atoms with Crippen molar-refractivity contribution >= 4 is 11.9 Å². The van der Waals surface area contributed by atoms with Crippen LogP contribution < -0.4 is 11.1 Å². The van der Waals surface area contributed by atoms with Crippen LogP contribution in [0.4, 0.5) is 0 Å². The molecule has 5 nitrogen and oxygen atoms in total. The average Bonchev–Trinajstić information content (AvgIpc) is 2.68. The summed E-state index contributed by atoms with van der Waals surface area (Å²) in [5.74, 6) is 0.717. The molecule has 0 atom stereocenters. The van der Waals surface area contributed by atoms with Gasteiger partial charge in [0.1, 0.15) is 0 Å². The Kier molecular flexibility index (Phi) is 5.52. The van der Waals surface area contributed by atoms with Gasteiger partial charge < -0.3 is 16.0 Å². The Hall–Kier alpha value is -1.52. The van der Waals surface area contributed by atoms with Crippen LogP contribution in [0.1, 0.15) is 26.2 Å². The molecule has 96 valence electrons. The second-order valence-electron chi connectivity index (χ2n) is 4.42. The van der Waals surface area contributed by atoms with E-state index in [0.717, 1.165) is 38.0 Å². The molecule has 1 aliphatic heterocycles. The second kappa shape index (κ2) is 6.93. The van der Waals surface area contributed by atoms with Crippen molar-refractivity contribution in [2.45, 2.75) is 26.2 Å². The van der Waals surface area contributed by atoms with Crippen LogP contribution in [0.5, 0.6) is 0 Å². The molecule has 1 aliphatic rings. The van der Waals surface area contributed by atoms with Crippen LogP contribution in [-0.4, -0.2) is 42.9 Å². The van der Waals surface area contributed by atoms with Gasteiger partial charge in [0.2, 0.25) is 5.91 Å². The highest BCUT2D eigenvalue weighted by atomic mass is 16.2. The first kappa shape index (κ1) is 13.5. The highest BCUT2D eigenvalue weighted by Crippen LogP contribution is 2.09. The van der Waals surface area contributed by atoms with Crippen molar-refractivity contribution in [3.63, 3.8) is 0 Å². The molecular formula is C12H22N4O. The van der Waals surface area contributed by atoms with Gasteiger partial charge in [-0.05, 0) is 19.8 Å². The van der Waals surface area contributed by atoms with Gasteiger partial charge in [-0.15, -0.1) is 0 Å². The maximum atomic E-state index is 11.3. The minimum absolute atomic E-state index is 0.272. The molecule has 0 aromatic carbocycles. The number of hydrogen-bond donors (Lipinski definition) is 2. The molecule has 0 bridgehead atoms. The summed E-state index contributed by atoms with van der Waals surface area (Å²) in [6, 6.07) is 0. The Morgan fingerprint density at radius 1 is 1.65 bits per heavy atom. The molecule has 0 radical (unpaired) electrons. The van der Waals surface area contributed by atoms with E-state index in [1.807, 2.05) is 11.8 Å². The van der Waals surface area contributed by atoms with Crippen LogP contribution in [0.25, 0.3) is 0 Å². The third kappa shape index (κ3) is 5.38. The van der Waals surface area contributed by atoms with E-state index >= 15 is 0 Å². The second-order valence-corrected chi connectivity index (χ2v) is 4.42. The van der Waals surface area contributed by atoms with E-state index < -0.39 is 0 Å². The number of nitrogens with zero attached hydrogens (tertiary/aromatic N) is 2. The quantitative estimate of drug-likeness (QED) is 0.306. The lowest BCUT2D eigenvalue weighted by molar-refractivity contribution is -0.127. The van der Waals surface area contributed by atoms with Gasteiger partial charge in [-0.3, -0.25) is 4.79 Å². The number of nitrogens with one attached hydrogen (secondary N) is 1. The van der Waals surface area contributed by atoms with Crippen LogP contribution in [-0.2, 0) is 4.79 Å². The van der Waals surface area contributed by atoms with Gasteiger partial charge in [0.05, 0.1) is 6.54 Å². The number of aliphatic imine (C=N–C) groups is 1. The molecule has 17 heavy (non-hydrogen) atoms. The standard InChI is InChI=1S/C12H22N4O/c1-10(2)9-15-12(13)14-6-4-8-16-7-3-5-11(16)17/h1,3-9H2,2H3,(H3,13,14,15). The fourth-order valence-corrected chi connectivity index (χ4v) is 1.70. The number of carbonyl (C=O) groups excluding carboxylic acids is 1. The maximum absolute atomic E-state index is 11.3. The first-order valence-electron chi connectivity index (χ1n) is 6.05. The van der Waals surface area contributed by atoms with Crippen molar-refractivity contribution in [3.8, 4) is 0 Å². The number of carbonyl (C=O) groups is 1. The zero-order valence-electron chi connectivity index (χ0n) is 10.5. The Bertz CT molecular complexity index is 312. The van der Waals surface area contributed by atoms with E-state index in [2.05, 4.69) is 16.9 Å². The maximum Gasteiger partial charge on any atom is 0.222 e. The number of hydrogen-bond acceptors (Lipinski definition) is 2. The Morgan fingerprint density at radius 2 is 2.41 bits per heavy atom. The molecular weight excluding hydrogens is 216 g/mol. The van der Waals surface area contributed by atoms with Crippen molar-refractivity contribution < 1.29 is 4.79 Å². The molecule has 1 rings (SSSR count). The molecule has 0 aromatic rings. The molecule has 1 amide bonds. The van der Waals surface area contributed by atoms with Gasteiger partial charge in [-0.2, -0.15) is 0 Å². The van der Waals surface area contributed by atoms with E-state index in [9.17, 15) is 4.79 Å². The molecule has 1 saturated heterocycles. The topological polar surface area (TPSA) is 70.7 Å². The summed E-state index contributed by atoms with van der Waals surface area (Å²) in [6.07, 6.45) is 2.60. The lowest BCUT2D eigenvalue weighted by Crippen LogP contribution is -2.35. The molecule has 1 heterocycles. The first-order valence-corrected chi connectivity index (χ1v) is 6.05. The zero-order chi connectivity index (χ0) is 12.7. The summed E-state index contributed by atoms with van der Waals surface area (Å²) < 4.78 is 0. The Balaban J connectivity index is 2.09. The van der Waals surface area contributed by atoms with Crippen molar-refractivity contribution in [2.24, 2.45) is 10.7 Å². The molecule has 1 fully saturated rings. The third-order valence-corrected chi connectivity index (χ3v) is 2.60. The van der Waals surface area contributed by atoms with E-state index in [4.69, 9.17) is 5.73 Å². The van der Waals surface area contributed by atoms with E-state index in [1.54, 1.807) is 0 Å². The van der Waals surface area contributed by atoms with E-state index in [-0.39, 0.29) is 5.91 Å². The van der Waals surface area contributed by atoms with Crippen molar-refractivity contribution in [1.82, 2.24) is 10.2 Å². The lowest BCUT2D eigenvalue weighted by Gasteiger charge is -2.15. The highest BCUT2D eigenvalue weighted by Gasteiger charge is 2.18. The fourth-order valence-electron chi connectivity index (χ4n) is 1.70. The fraction of sp³-hybridized carbons (Fsp3) is 0.667. The summed E-state index contributed by atoms with van der Waals surface area (Å²) in [7, 11) is 0. The molecule has 0 unspecified atom stereocenters. The molecule has 3 N–H and O–H groups in total. The number of amides is 1. The van der Waals surface area contributed by atoms with Crippen LogP contribution in [0.3, 0.4) is 0 Å². The molecule has 0 saturated carbocycles. The minimum atomic E-state index is 0.272. The zero-order valence-corrected chi connectivity index (χ0v) is 10.5. The summed E-state index contributed by atoms with van der Waals surface area (Å²) in [5.41, 5.74) is 6.64. The normalized spacial score (nSPS) is 16.4. The summed E-state index contributed by atoms with van der Waals surface area (Å²) >= 11 is 0. The molecule has 0 aliphatic carbocycles. The van der Waals surface area contributed by atoms with Crippen LogP contribution in [0, 0.1) is 0 Å². The SMILES string of the molecule is C=C(C)CN=C(N)NCCCN1CCCC1=O. The van der Waals surface area contributed by atoms with Crippen molar-refractivity contribution in [1.29, 1.82) is 0 Å². The van der Waals surface area contributed by atoms with E-state index in [0.29, 0.717) is 18.9 Å². The van der Waals surface area contributed by atoms with Crippen molar-refractivity contribution in [3.05, 3.63) is 12.2 Å². The van der Waals surface area contributed by atoms with Gasteiger partial charge >= 0.3 is 0 Å². The van der Waals surface area contributed by atoms with E-state index in [1.165, 1.54) is 0 Å². The predicted octanol–water partition coefficient (Wildman–Crippen LogP) is 0.479. The monoisotopic (exact) mass is 238 g/mol. The highest BCUT2D eigenvalue weighted by molar-refractivity contribution is 5.78. The average molecular weight is 238 g/mol. The predicted molar refractivity (Wildman–Crippen MR) is 69.7 cm³/mol. The smallest absolute Gasteiger partial charge is 0.222 e. The first-order chi connectivity index (χ1) is 8.09. The largest absolute Gasteiger partial charge is 0.370 e. The molecule has 0 spiro atoms. The number of guanidine groups is 1. The minimum Gasteiger partial charge on any atom is -0.370 e. The number of rotatable bonds is 6. The van der Waals surface area contributed by atoms with Gasteiger partial charge in [0.25, 0.3) is 0 Å². The van der Waals surface area contributed by atoms with Gasteiger partial charge in [-0.1, -0.05) is 12.2 Å². The Morgan fingerprint density at radius 3 is 3.00 bits per heavy atom. The van der Waals surface area contributed by atoms with Crippen molar-refractivity contribution in [2.75, 3.05) is 26.2 Å². The summed E-state index contributed by atoms with van der Waals surface area (Å²) in [5, 5.41) is 3.03. The summed E-state index contributed by atoms with van der Waals surface area (Å²) in [6.45, 7) is 8.67. The number of nitrogens with two attached hydrogens (primary N) is 1. The van der Waals surface area contributed by atoms with Gasteiger partial charge in [0.15, 0.2) is 5.96 Å². The van der Waals surface area contributed by atoms with Crippen LogP contribution in [0.2, 0.25) is 0 Å². The van der Waals surface area contributed by atoms with Gasteiger partial charge in [-0.25, -0.2) is 4.99 Å². The van der Waals surface area contributed by atoms with Crippen LogP contribution in [0.15, 0.2) is 17.1 Å². The lowest BCUT2D eigenvalue weighted by atomic mass is 10.3. The Labute approximate surface area is 103 Å². The molecule has 5 heteroatoms.